The van der Waals surface area contributed by atoms with Crippen LogP contribution < -0.4 is 9.47 Å². The molecule has 2 aromatic rings. The summed E-state index contributed by atoms with van der Waals surface area (Å²) in [7, 11) is 1.49. The SMILES string of the molecule is CCOc1ccc(C(=O)O[C@@H](C)C(=O)c2ccc(Br)cc2)cc1OC. The fraction of sp³-hybridized carbons (Fsp3) is 0.263. The molecule has 0 aliphatic heterocycles. The van der Waals surface area contributed by atoms with E-state index in [0.717, 1.165) is 4.47 Å². The average Bonchev–Trinajstić information content (AvgIpc) is 2.62. The minimum absolute atomic E-state index is 0.265. The summed E-state index contributed by atoms with van der Waals surface area (Å²) in [6, 6.07) is 11.6. The van der Waals surface area contributed by atoms with Crippen LogP contribution in [0.5, 0.6) is 11.5 Å². The van der Waals surface area contributed by atoms with E-state index in [0.29, 0.717) is 23.7 Å². The van der Waals surface area contributed by atoms with Gasteiger partial charge in [0.15, 0.2) is 17.6 Å². The smallest absolute Gasteiger partial charge is 0.338 e. The number of ether oxygens (including phenoxy) is 3. The molecule has 0 fully saturated rings. The molecule has 1 atom stereocenters. The second-order valence-electron chi connectivity index (χ2n) is 5.22. The molecule has 25 heavy (non-hydrogen) atoms. The van der Waals surface area contributed by atoms with E-state index in [1.165, 1.54) is 13.2 Å². The Bertz CT molecular complexity index is 755. The first-order valence-corrected chi connectivity index (χ1v) is 8.57. The van der Waals surface area contributed by atoms with Crippen molar-refractivity contribution in [3.8, 4) is 11.5 Å². The van der Waals surface area contributed by atoms with Crippen molar-refractivity contribution in [2.75, 3.05) is 13.7 Å². The molecular weight excluding hydrogens is 388 g/mol. The van der Waals surface area contributed by atoms with Crippen molar-refractivity contribution in [2.24, 2.45) is 0 Å². The van der Waals surface area contributed by atoms with Crippen molar-refractivity contribution in [2.45, 2.75) is 20.0 Å². The van der Waals surface area contributed by atoms with Crippen LogP contribution in [0, 0.1) is 0 Å². The Morgan fingerprint density at radius 1 is 1.04 bits per heavy atom. The number of esters is 1. The molecule has 0 aliphatic carbocycles. The molecular formula is C19H19BrO5. The van der Waals surface area contributed by atoms with Crippen LogP contribution in [0.3, 0.4) is 0 Å². The van der Waals surface area contributed by atoms with Gasteiger partial charge in [-0.1, -0.05) is 28.1 Å². The van der Waals surface area contributed by atoms with Crippen molar-refractivity contribution < 1.29 is 23.8 Å². The van der Waals surface area contributed by atoms with Crippen LogP contribution in [0.4, 0.5) is 0 Å². The quantitative estimate of drug-likeness (QED) is 0.506. The lowest BCUT2D eigenvalue weighted by Crippen LogP contribution is -2.24. The van der Waals surface area contributed by atoms with Gasteiger partial charge in [-0.05, 0) is 44.2 Å². The summed E-state index contributed by atoms with van der Waals surface area (Å²) in [5.41, 5.74) is 0.767. The van der Waals surface area contributed by atoms with E-state index in [1.807, 2.05) is 6.92 Å². The van der Waals surface area contributed by atoms with Crippen molar-refractivity contribution >= 4 is 27.7 Å². The largest absolute Gasteiger partial charge is 0.493 e. The van der Waals surface area contributed by atoms with Gasteiger partial charge in [0.2, 0.25) is 5.78 Å². The molecule has 2 rings (SSSR count). The highest BCUT2D eigenvalue weighted by Gasteiger charge is 2.21. The van der Waals surface area contributed by atoms with Gasteiger partial charge in [0, 0.05) is 10.0 Å². The van der Waals surface area contributed by atoms with Gasteiger partial charge in [-0.3, -0.25) is 4.79 Å². The number of carbonyl (C=O) groups is 2. The molecule has 0 saturated carbocycles. The third-order valence-corrected chi connectivity index (χ3v) is 4.01. The number of benzene rings is 2. The number of ketones is 1. The number of Topliss-reactive ketones (excluding diaryl/α,β-unsaturated/α-hetero) is 1. The van der Waals surface area contributed by atoms with Gasteiger partial charge >= 0.3 is 5.97 Å². The summed E-state index contributed by atoms with van der Waals surface area (Å²) in [5, 5.41) is 0. The van der Waals surface area contributed by atoms with Crippen LogP contribution in [-0.2, 0) is 4.74 Å². The number of halogens is 1. The molecule has 0 bridgehead atoms. The van der Waals surface area contributed by atoms with Crippen LogP contribution >= 0.6 is 15.9 Å². The summed E-state index contributed by atoms with van der Waals surface area (Å²) >= 11 is 3.31. The molecule has 0 radical (unpaired) electrons. The average molecular weight is 407 g/mol. The van der Waals surface area contributed by atoms with E-state index < -0.39 is 12.1 Å². The Labute approximate surface area is 155 Å². The third-order valence-electron chi connectivity index (χ3n) is 3.48. The molecule has 0 aromatic heterocycles. The molecule has 2 aromatic carbocycles. The number of hydrogen-bond donors (Lipinski definition) is 0. The maximum Gasteiger partial charge on any atom is 0.338 e. The first-order chi connectivity index (χ1) is 12.0. The van der Waals surface area contributed by atoms with E-state index >= 15 is 0 Å². The van der Waals surface area contributed by atoms with Crippen molar-refractivity contribution in [1.82, 2.24) is 0 Å². The van der Waals surface area contributed by atoms with Gasteiger partial charge < -0.3 is 14.2 Å². The van der Waals surface area contributed by atoms with Gasteiger partial charge in [-0.2, -0.15) is 0 Å². The zero-order valence-electron chi connectivity index (χ0n) is 14.2. The molecule has 0 aliphatic rings. The molecule has 0 spiro atoms. The Kier molecular flexibility index (Phi) is 6.58. The Morgan fingerprint density at radius 2 is 1.68 bits per heavy atom. The van der Waals surface area contributed by atoms with E-state index in [-0.39, 0.29) is 11.3 Å². The van der Waals surface area contributed by atoms with Gasteiger partial charge in [0.25, 0.3) is 0 Å². The summed E-state index contributed by atoms with van der Waals surface area (Å²) < 4.78 is 16.8. The summed E-state index contributed by atoms with van der Waals surface area (Å²) in [5.74, 6) is 0.113. The lowest BCUT2D eigenvalue weighted by Gasteiger charge is -2.14. The molecule has 5 nitrogen and oxygen atoms in total. The van der Waals surface area contributed by atoms with Crippen molar-refractivity contribution in [3.63, 3.8) is 0 Å². The maximum atomic E-state index is 12.3. The van der Waals surface area contributed by atoms with Gasteiger partial charge in [-0.25, -0.2) is 4.79 Å². The molecule has 0 amide bonds. The number of rotatable bonds is 7. The highest BCUT2D eigenvalue weighted by molar-refractivity contribution is 9.10. The van der Waals surface area contributed by atoms with Crippen LogP contribution in [0.15, 0.2) is 46.9 Å². The Morgan fingerprint density at radius 3 is 2.28 bits per heavy atom. The number of methoxy groups -OCH3 is 1. The fourth-order valence-corrected chi connectivity index (χ4v) is 2.46. The van der Waals surface area contributed by atoms with Gasteiger partial charge in [0.1, 0.15) is 0 Å². The van der Waals surface area contributed by atoms with E-state index in [2.05, 4.69) is 15.9 Å². The van der Waals surface area contributed by atoms with Gasteiger partial charge in [-0.15, -0.1) is 0 Å². The fourth-order valence-electron chi connectivity index (χ4n) is 2.20. The van der Waals surface area contributed by atoms with Crippen LogP contribution in [0.2, 0.25) is 0 Å². The van der Waals surface area contributed by atoms with E-state index in [1.54, 1.807) is 43.3 Å². The standard InChI is InChI=1S/C19H19BrO5/c1-4-24-16-10-7-14(11-17(16)23-3)19(22)25-12(2)18(21)13-5-8-15(20)9-6-13/h5-12H,4H2,1-3H3/t12-/m0/s1. The Hall–Kier alpha value is -2.34. The lowest BCUT2D eigenvalue weighted by atomic mass is 10.1. The third kappa shape index (κ3) is 4.82. The van der Waals surface area contributed by atoms with Crippen LogP contribution in [-0.4, -0.2) is 31.6 Å². The zero-order valence-corrected chi connectivity index (χ0v) is 15.8. The Balaban J connectivity index is 2.10. The molecule has 0 saturated heterocycles. The summed E-state index contributed by atoms with van der Waals surface area (Å²) in [6.07, 6.45) is -0.897. The zero-order chi connectivity index (χ0) is 18.4. The highest BCUT2D eigenvalue weighted by Crippen LogP contribution is 2.28. The molecule has 6 heteroatoms. The summed E-state index contributed by atoms with van der Waals surface area (Å²) in [4.78, 5) is 24.7. The highest BCUT2D eigenvalue weighted by atomic mass is 79.9. The first-order valence-electron chi connectivity index (χ1n) is 7.77. The predicted molar refractivity (Wildman–Crippen MR) is 97.5 cm³/mol. The molecule has 0 N–H and O–H groups in total. The monoisotopic (exact) mass is 406 g/mol. The molecule has 0 heterocycles. The summed E-state index contributed by atoms with van der Waals surface area (Å²) in [6.45, 7) is 3.89. The number of hydrogen-bond acceptors (Lipinski definition) is 5. The minimum atomic E-state index is -0.897. The van der Waals surface area contributed by atoms with Crippen molar-refractivity contribution in [1.29, 1.82) is 0 Å². The van der Waals surface area contributed by atoms with Gasteiger partial charge in [0.05, 0.1) is 19.3 Å². The van der Waals surface area contributed by atoms with E-state index in [9.17, 15) is 9.59 Å². The predicted octanol–water partition coefficient (Wildman–Crippen LogP) is 4.28. The van der Waals surface area contributed by atoms with E-state index in [4.69, 9.17) is 14.2 Å². The second-order valence-corrected chi connectivity index (χ2v) is 6.13. The van der Waals surface area contributed by atoms with Crippen LogP contribution in [0.25, 0.3) is 0 Å². The molecule has 0 unspecified atom stereocenters. The maximum absolute atomic E-state index is 12.3. The normalized spacial score (nSPS) is 11.5. The topological polar surface area (TPSA) is 61.8 Å². The minimum Gasteiger partial charge on any atom is -0.493 e. The lowest BCUT2D eigenvalue weighted by molar-refractivity contribution is 0.0318. The number of carbonyl (C=O) groups excluding carboxylic acids is 2. The second kappa shape index (κ2) is 8.67. The first kappa shape index (κ1) is 19.0. The van der Waals surface area contributed by atoms with Crippen molar-refractivity contribution in [3.05, 3.63) is 58.1 Å². The van der Waals surface area contributed by atoms with Crippen LogP contribution in [0.1, 0.15) is 34.6 Å². The molecule has 132 valence electrons.